The fraction of sp³-hybridized carbons (Fsp3) is 0.269. The Kier molecular flexibility index (Phi) is 7.41. The normalized spacial score (nSPS) is 17.0. The number of pyridine rings is 1. The molecule has 2 atom stereocenters. The third kappa shape index (κ3) is 5.52. The van der Waals surface area contributed by atoms with E-state index in [9.17, 15) is 18.8 Å². The van der Waals surface area contributed by atoms with Crippen molar-refractivity contribution in [3.05, 3.63) is 63.9 Å². The summed E-state index contributed by atoms with van der Waals surface area (Å²) in [7, 11) is 0. The minimum Gasteiger partial charge on any atom is -0.326 e. The van der Waals surface area contributed by atoms with Gasteiger partial charge in [-0.2, -0.15) is 5.10 Å². The highest BCUT2D eigenvalue weighted by Crippen LogP contribution is 2.28. The summed E-state index contributed by atoms with van der Waals surface area (Å²) in [5, 5.41) is 7.74. The van der Waals surface area contributed by atoms with Gasteiger partial charge in [-0.05, 0) is 52.7 Å². The molecular weight excluding hydrogens is 593 g/mol. The molecule has 1 saturated heterocycles. The molecule has 10 nitrogen and oxygen atoms in total. The quantitative estimate of drug-likeness (QED) is 0.252. The number of carbonyl (C=O) groups excluding carboxylic acids is 3. The summed E-state index contributed by atoms with van der Waals surface area (Å²) in [6.07, 6.45) is 1.84. The Morgan fingerprint density at radius 1 is 1.15 bits per heavy atom. The molecular formula is C26H22BrClFN7O3. The third-order valence-electron chi connectivity index (χ3n) is 6.41. The van der Waals surface area contributed by atoms with Crippen LogP contribution in [0.25, 0.3) is 22.0 Å². The van der Waals surface area contributed by atoms with Gasteiger partial charge in [-0.15, -0.1) is 0 Å². The van der Waals surface area contributed by atoms with Gasteiger partial charge in [0.25, 0.3) is 0 Å². The van der Waals surface area contributed by atoms with Gasteiger partial charge in [0.1, 0.15) is 34.9 Å². The highest BCUT2D eigenvalue weighted by molar-refractivity contribution is 9.10. The number of nitrogens with zero attached hydrogens (tertiary/aromatic N) is 6. The highest BCUT2D eigenvalue weighted by Gasteiger charge is 2.40. The van der Waals surface area contributed by atoms with Gasteiger partial charge in [0.2, 0.25) is 11.8 Å². The number of anilines is 1. The largest absolute Gasteiger partial charge is 0.326 e. The molecule has 2 amide bonds. The molecule has 5 rings (SSSR count). The van der Waals surface area contributed by atoms with E-state index in [0.29, 0.717) is 21.3 Å². The molecule has 4 heterocycles. The molecule has 0 saturated carbocycles. The lowest BCUT2D eigenvalue weighted by atomic mass is 10.0. The molecule has 4 aromatic rings. The summed E-state index contributed by atoms with van der Waals surface area (Å²) in [6, 6.07) is 7.48. The number of aryl methyl sites for hydroxylation is 1. The molecule has 0 unspecified atom stereocenters. The van der Waals surface area contributed by atoms with Crippen molar-refractivity contribution < 1.29 is 18.8 Å². The Labute approximate surface area is 235 Å². The zero-order chi connectivity index (χ0) is 27.8. The van der Waals surface area contributed by atoms with E-state index in [4.69, 9.17) is 11.6 Å². The van der Waals surface area contributed by atoms with Crippen LogP contribution in [0.2, 0.25) is 5.02 Å². The summed E-state index contributed by atoms with van der Waals surface area (Å²) in [4.78, 5) is 52.5. The second-order valence-electron chi connectivity index (χ2n) is 9.16. The monoisotopic (exact) mass is 613 g/mol. The van der Waals surface area contributed by atoms with E-state index < -0.39 is 24.0 Å². The van der Waals surface area contributed by atoms with Crippen molar-refractivity contribution in [1.29, 1.82) is 0 Å². The zero-order valence-electron chi connectivity index (χ0n) is 20.9. The number of ketones is 1. The molecule has 0 bridgehead atoms. The van der Waals surface area contributed by atoms with Crippen LogP contribution in [0.15, 0.2) is 47.3 Å². The topological polar surface area (TPSA) is 123 Å². The van der Waals surface area contributed by atoms with Crippen LogP contribution >= 0.6 is 27.5 Å². The lowest BCUT2D eigenvalue weighted by molar-refractivity contribution is -0.137. The number of fused-ring (bicyclic) bond motifs is 1. The number of Topliss-reactive ketones (excluding diaryl/α,β-unsaturated/α-hetero) is 1. The van der Waals surface area contributed by atoms with E-state index in [1.165, 1.54) is 16.5 Å². The van der Waals surface area contributed by atoms with E-state index in [0.717, 1.165) is 11.1 Å². The first kappa shape index (κ1) is 26.8. The van der Waals surface area contributed by atoms with Gasteiger partial charge in [0, 0.05) is 36.7 Å². The maximum atomic E-state index is 14.5. The number of halogens is 3. The van der Waals surface area contributed by atoms with E-state index in [-0.39, 0.29) is 41.8 Å². The Morgan fingerprint density at radius 2 is 1.90 bits per heavy atom. The number of hydrogen-bond acceptors (Lipinski definition) is 7. The van der Waals surface area contributed by atoms with Crippen LogP contribution in [0.4, 0.5) is 10.2 Å². The standard InChI is InChI=1S/C26H22BrClFN7O3/c1-13(37)24-18-7-15(16-9-30-14(2)31-10-16)3-5-20(18)36(34-24)12-23(38)35-11-17(29)8-21(35)26(39)33-25-19(28)4-6-22(27)32-25/h3-7,9-10,17,21H,8,11-12H2,1-2H3,(H,32,33,39)/t17-,21+/m1/s1. The van der Waals surface area contributed by atoms with Crippen LogP contribution < -0.4 is 5.32 Å². The van der Waals surface area contributed by atoms with Crippen LogP contribution in [0.5, 0.6) is 0 Å². The number of aromatic nitrogens is 5. The number of benzene rings is 1. The Hall–Kier alpha value is -3.77. The van der Waals surface area contributed by atoms with Crippen LogP contribution in [0.1, 0.15) is 29.7 Å². The predicted octanol–water partition coefficient (Wildman–Crippen LogP) is 4.39. The van der Waals surface area contributed by atoms with E-state index >= 15 is 0 Å². The Morgan fingerprint density at radius 3 is 2.62 bits per heavy atom. The molecule has 1 aliphatic heterocycles. The smallest absolute Gasteiger partial charge is 0.248 e. The molecule has 200 valence electrons. The Balaban J connectivity index is 1.41. The lowest BCUT2D eigenvalue weighted by Crippen LogP contribution is -2.44. The first-order valence-corrected chi connectivity index (χ1v) is 13.1. The van der Waals surface area contributed by atoms with Crippen molar-refractivity contribution in [3.63, 3.8) is 0 Å². The molecule has 0 spiro atoms. The molecule has 0 radical (unpaired) electrons. The first-order chi connectivity index (χ1) is 18.6. The van der Waals surface area contributed by atoms with Gasteiger partial charge < -0.3 is 10.2 Å². The maximum Gasteiger partial charge on any atom is 0.248 e. The van der Waals surface area contributed by atoms with Gasteiger partial charge in [0.15, 0.2) is 11.6 Å². The van der Waals surface area contributed by atoms with E-state index in [2.05, 4.69) is 41.3 Å². The maximum absolute atomic E-state index is 14.5. The second kappa shape index (κ2) is 10.8. The zero-order valence-corrected chi connectivity index (χ0v) is 23.2. The summed E-state index contributed by atoms with van der Waals surface area (Å²) < 4.78 is 16.3. The van der Waals surface area contributed by atoms with Crippen LogP contribution in [0, 0.1) is 6.92 Å². The van der Waals surface area contributed by atoms with Crippen molar-refractivity contribution in [2.45, 2.75) is 39.0 Å². The van der Waals surface area contributed by atoms with Gasteiger partial charge in [-0.1, -0.05) is 17.7 Å². The minimum absolute atomic E-state index is 0.102. The number of rotatable bonds is 6. The fourth-order valence-corrected chi connectivity index (χ4v) is 4.98. The number of nitrogens with one attached hydrogen (secondary N) is 1. The Bertz CT molecular complexity index is 1610. The van der Waals surface area contributed by atoms with Gasteiger partial charge >= 0.3 is 0 Å². The SMILES string of the molecule is CC(=O)c1nn(CC(=O)N2C[C@H](F)C[C@H]2C(=O)Nc2nc(Br)ccc2Cl)c2ccc(-c3cnc(C)nc3)cc12. The van der Waals surface area contributed by atoms with E-state index in [1.54, 1.807) is 43.6 Å². The van der Waals surface area contributed by atoms with Crippen LogP contribution in [-0.2, 0) is 16.1 Å². The molecule has 1 aliphatic rings. The number of likely N-dealkylation sites (tertiary alicyclic amines) is 1. The molecule has 1 fully saturated rings. The van der Waals surface area contributed by atoms with Crippen LogP contribution in [-0.4, -0.2) is 66.0 Å². The van der Waals surface area contributed by atoms with E-state index in [1.807, 2.05) is 6.07 Å². The van der Waals surface area contributed by atoms with Crippen molar-refractivity contribution in [2.24, 2.45) is 0 Å². The second-order valence-corrected chi connectivity index (χ2v) is 10.4. The summed E-state index contributed by atoms with van der Waals surface area (Å²) >= 11 is 9.34. The fourth-order valence-electron chi connectivity index (χ4n) is 4.51. The summed E-state index contributed by atoms with van der Waals surface area (Å²) in [5.74, 6) is -0.653. The van der Waals surface area contributed by atoms with Gasteiger partial charge in [0.05, 0.1) is 17.1 Å². The molecule has 1 N–H and O–H groups in total. The number of hydrogen-bond donors (Lipinski definition) is 1. The van der Waals surface area contributed by atoms with Crippen molar-refractivity contribution >= 4 is 61.8 Å². The average Bonchev–Trinajstić information content (AvgIpc) is 3.47. The average molecular weight is 615 g/mol. The highest BCUT2D eigenvalue weighted by atomic mass is 79.9. The lowest BCUT2D eigenvalue weighted by Gasteiger charge is -2.23. The van der Waals surface area contributed by atoms with Crippen molar-refractivity contribution in [1.82, 2.24) is 29.6 Å². The molecule has 3 aromatic heterocycles. The first-order valence-electron chi connectivity index (χ1n) is 12.0. The molecule has 1 aromatic carbocycles. The molecule has 13 heteroatoms. The number of carbonyl (C=O) groups is 3. The predicted molar refractivity (Wildman–Crippen MR) is 146 cm³/mol. The number of amides is 2. The van der Waals surface area contributed by atoms with Crippen LogP contribution in [0.3, 0.4) is 0 Å². The van der Waals surface area contributed by atoms with Gasteiger partial charge in [-0.25, -0.2) is 19.3 Å². The van der Waals surface area contributed by atoms with Crippen molar-refractivity contribution in [2.75, 3.05) is 11.9 Å². The number of alkyl halides is 1. The third-order valence-corrected chi connectivity index (χ3v) is 7.16. The summed E-state index contributed by atoms with van der Waals surface area (Å²) in [5.41, 5.74) is 2.29. The van der Waals surface area contributed by atoms with Gasteiger partial charge in [-0.3, -0.25) is 19.1 Å². The minimum atomic E-state index is -1.38. The molecule has 0 aliphatic carbocycles. The summed E-state index contributed by atoms with van der Waals surface area (Å²) in [6.45, 7) is 2.65. The molecule has 39 heavy (non-hydrogen) atoms. The van der Waals surface area contributed by atoms with Crippen molar-refractivity contribution in [3.8, 4) is 11.1 Å².